The lowest BCUT2D eigenvalue weighted by molar-refractivity contribution is 0.317. The summed E-state index contributed by atoms with van der Waals surface area (Å²) in [6.45, 7) is 4.84. The van der Waals surface area contributed by atoms with Gasteiger partial charge in [-0.15, -0.1) is 0 Å². The Morgan fingerprint density at radius 1 is 1.24 bits per heavy atom. The normalized spacial score (nSPS) is 10.5. The van der Waals surface area contributed by atoms with Crippen LogP contribution in [-0.2, 0) is 13.5 Å². The molecule has 0 aliphatic heterocycles. The van der Waals surface area contributed by atoms with Crippen molar-refractivity contribution in [2.75, 3.05) is 6.61 Å². The second-order valence-electron chi connectivity index (χ2n) is 4.34. The van der Waals surface area contributed by atoms with Crippen LogP contribution in [-0.4, -0.2) is 16.4 Å². The highest BCUT2D eigenvalue weighted by atomic mass is 16.5. The molecule has 1 aromatic heterocycles. The van der Waals surface area contributed by atoms with Gasteiger partial charge in [0.25, 0.3) is 0 Å². The molecule has 90 valence electrons. The van der Waals surface area contributed by atoms with Crippen LogP contribution in [0.25, 0.3) is 0 Å². The summed E-state index contributed by atoms with van der Waals surface area (Å²) in [4.78, 5) is 0. The van der Waals surface area contributed by atoms with Crippen LogP contribution in [0.1, 0.15) is 16.7 Å². The Balaban J connectivity index is 1.94. The predicted octanol–water partition coefficient (Wildman–Crippen LogP) is 2.66. The van der Waals surface area contributed by atoms with Gasteiger partial charge in [-0.3, -0.25) is 4.68 Å². The summed E-state index contributed by atoms with van der Waals surface area (Å²) in [6.07, 6.45) is 4.80. The number of para-hydroxylation sites is 1. The zero-order valence-corrected chi connectivity index (χ0v) is 10.6. The first-order chi connectivity index (χ1) is 8.16. The summed E-state index contributed by atoms with van der Waals surface area (Å²) in [5.41, 5.74) is 3.59. The Morgan fingerprint density at radius 3 is 2.53 bits per heavy atom. The van der Waals surface area contributed by atoms with Gasteiger partial charge in [-0.25, -0.2) is 0 Å². The lowest BCUT2D eigenvalue weighted by Gasteiger charge is -2.11. The molecule has 2 aromatic rings. The predicted molar refractivity (Wildman–Crippen MR) is 68.3 cm³/mol. The molecule has 17 heavy (non-hydrogen) atoms. The fourth-order valence-electron chi connectivity index (χ4n) is 1.90. The molecule has 1 heterocycles. The van der Waals surface area contributed by atoms with Gasteiger partial charge in [0.1, 0.15) is 5.75 Å². The van der Waals surface area contributed by atoms with Gasteiger partial charge in [0, 0.05) is 19.7 Å². The molecule has 3 nitrogen and oxygen atoms in total. The molecule has 0 saturated heterocycles. The topological polar surface area (TPSA) is 27.1 Å². The van der Waals surface area contributed by atoms with Crippen molar-refractivity contribution in [2.24, 2.45) is 7.05 Å². The van der Waals surface area contributed by atoms with E-state index in [0.29, 0.717) is 6.61 Å². The van der Waals surface area contributed by atoms with Crippen LogP contribution in [0.3, 0.4) is 0 Å². The summed E-state index contributed by atoms with van der Waals surface area (Å²) in [7, 11) is 1.93. The number of nitrogens with zero attached hydrogens (tertiary/aromatic N) is 2. The number of hydrogen-bond acceptors (Lipinski definition) is 2. The molecule has 1 aromatic carbocycles. The van der Waals surface area contributed by atoms with Gasteiger partial charge in [0.05, 0.1) is 12.8 Å². The number of ether oxygens (including phenoxy) is 1. The van der Waals surface area contributed by atoms with E-state index in [9.17, 15) is 0 Å². The molecular weight excluding hydrogens is 212 g/mol. The monoisotopic (exact) mass is 230 g/mol. The molecule has 0 aliphatic carbocycles. The second-order valence-corrected chi connectivity index (χ2v) is 4.34. The van der Waals surface area contributed by atoms with Crippen molar-refractivity contribution in [3.05, 3.63) is 47.3 Å². The summed E-state index contributed by atoms with van der Waals surface area (Å²) >= 11 is 0. The first-order valence-electron chi connectivity index (χ1n) is 5.83. The third-order valence-corrected chi connectivity index (χ3v) is 2.80. The molecular formula is C14H18N2O. The van der Waals surface area contributed by atoms with Gasteiger partial charge in [-0.2, -0.15) is 5.10 Å². The summed E-state index contributed by atoms with van der Waals surface area (Å²) in [6, 6.07) is 6.21. The lowest BCUT2D eigenvalue weighted by atomic mass is 10.1. The van der Waals surface area contributed by atoms with E-state index in [2.05, 4.69) is 37.1 Å². The van der Waals surface area contributed by atoms with Crippen LogP contribution < -0.4 is 4.74 Å². The smallest absolute Gasteiger partial charge is 0.125 e. The van der Waals surface area contributed by atoms with Crippen molar-refractivity contribution in [3.63, 3.8) is 0 Å². The largest absolute Gasteiger partial charge is 0.493 e. The molecule has 3 heteroatoms. The molecule has 0 fully saturated rings. The average molecular weight is 230 g/mol. The number of aryl methyl sites for hydroxylation is 3. The van der Waals surface area contributed by atoms with Crippen molar-refractivity contribution in [1.82, 2.24) is 9.78 Å². The Hall–Kier alpha value is -1.77. The van der Waals surface area contributed by atoms with E-state index >= 15 is 0 Å². The number of rotatable bonds is 4. The van der Waals surface area contributed by atoms with Gasteiger partial charge in [-0.05, 0) is 30.5 Å². The van der Waals surface area contributed by atoms with Crippen LogP contribution in [0.2, 0.25) is 0 Å². The molecule has 0 N–H and O–H groups in total. The van der Waals surface area contributed by atoms with E-state index in [0.717, 1.165) is 12.2 Å². The molecule has 0 bridgehead atoms. The number of benzene rings is 1. The van der Waals surface area contributed by atoms with Crippen LogP contribution >= 0.6 is 0 Å². The highest BCUT2D eigenvalue weighted by molar-refractivity contribution is 5.39. The van der Waals surface area contributed by atoms with Crippen molar-refractivity contribution >= 4 is 0 Å². The minimum Gasteiger partial charge on any atom is -0.493 e. The second kappa shape index (κ2) is 5.04. The van der Waals surface area contributed by atoms with Crippen molar-refractivity contribution in [3.8, 4) is 5.75 Å². The fraction of sp³-hybridized carbons (Fsp3) is 0.357. The van der Waals surface area contributed by atoms with Crippen LogP contribution in [0.4, 0.5) is 0 Å². The third-order valence-electron chi connectivity index (χ3n) is 2.80. The minimum atomic E-state index is 0.692. The Labute approximate surface area is 102 Å². The van der Waals surface area contributed by atoms with Gasteiger partial charge < -0.3 is 4.74 Å². The first kappa shape index (κ1) is 11.7. The van der Waals surface area contributed by atoms with Crippen molar-refractivity contribution < 1.29 is 4.74 Å². The maximum absolute atomic E-state index is 5.84. The van der Waals surface area contributed by atoms with E-state index in [-0.39, 0.29) is 0 Å². The van der Waals surface area contributed by atoms with Gasteiger partial charge >= 0.3 is 0 Å². The maximum Gasteiger partial charge on any atom is 0.125 e. The van der Waals surface area contributed by atoms with Crippen LogP contribution in [0.5, 0.6) is 5.75 Å². The summed E-state index contributed by atoms with van der Waals surface area (Å²) in [5, 5.41) is 4.14. The van der Waals surface area contributed by atoms with E-state index in [4.69, 9.17) is 4.74 Å². The van der Waals surface area contributed by atoms with Crippen molar-refractivity contribution in [2.45, 2.75) is 20.3 Å². The van der Waals surface area contributed by atoms with E-state index in [1.165, 1.54) is 16.7 Å². The highest BCUT2D eigenvalue weighted by Gasteiger charge is 2.03. The highest BCUT2D eigenvalue weighted by Crippen LogP contribution is 2.22. The SMILES string of the molecule is Cc1cccc(C)c1OCCc1cnn(C)c1. The molecule has 0 aliphatic rings. The van der Waals surface area contributed by atoms with Crippen LogP contribution in [0, 0.1) is 13.8 Å². The van der Waals surface area contributed by atoms with E-state index in [1.54, 1.807) is 0 Å². The molecule has 0 amide bonds. The molecule has 0 unspecified atom stereocenters. The quantitative estimate of drug-likeness (QED) is 0.807. The Bertz CT molecular complexity index is 482. The Kier molecular flexibility index (Phi) is 3.47. The standard InChI is InChI=1S/C14H18N2O/c1-11-5-4-6-12(2)14(11)17-8-7-13-9-15-16(3)10-13/h4-6,9-10H,7-8H2,1-3H3. The average Bonchev–Trinajstić information content (AvgIpc) is 2.69. The molecule has 0 radical (unpaired) electrons. The molecule has 2 rings (SSSR count). The Morgan fingerprint density at radius 2 is 1.94 bits per heavy atom. The van der Waals surface area contributed by atoms with Crippen molar-refractivity contribution in [1.29, 1.82) is 0 Å². The number of aromatic nitrogens is 2. The van der Waals surface area contributed by atoms with Gasteiger partial charge in [0.2, 0.25) is 0 Å². The minimum absolute atomic E-state index is 0.692. The molecule has 0 atom stereocenters. The van der Waals surface area contributed by atoms with E-state index in [1.807, 2.05) is 24.1 Å². The van der Waals surface area contributed by atoms with E-state index < -0.39 is 0 Å². The number of hydrogen-bond donors (Lipinski definition) is 0. The summed E-state index contributed by atoms with van der Waals surface area (Å²) in [5.74, 6) is 1.01. The van der Waals surface area contributed by atoms with Gasteiger partial charge in [-0.1, -0.05) is 18.2 Å². The zero-order valence-electron chi connectivity index (χ0n) is 10.6. The lowest BCUT2D eigenvalue weighted by Crippen LogP contribution is -2.03. The molecule has 0 saturated carbocycles. The maximum atomic E-state index is 5.84. The molecule has 0 spiro atoms. The first-order valence-corrected chi connectivity index (χ1v) is 5.83. The zero-order chi connectivity index (χ0) is 12.3. The third kappa shape index (κ3) is 2.87. The fourth-order valence-corrected chi connectivity index (χ4v) is 1.90. The van der Waals surface area contributed by atoms with Gasteiger partial charge in [0.15, 0.2) is 0 Å². The summed E-state index contributed by atoms with van der Waals surface area (Å²) < 4.78 is 7.66. The van der Waals surface area contributed by atoms with Crippen LogP contribution in [0.15, 0.2) is 30.6 Å².